The van der Waals surface area contributed by atoms with Crippen LogP contribution in [-0.2, 0) is 29.7 Å². The van der Waals surface area contributed by atoms with Crippen molar-refractivity contribution in [1.82, 2.24) is 20.1 Å². The molecule has 1 amide bonds. The standard InChI is InChI=1S/C16H17N4O5.3CH3.Sn/c1-9-10(3-4-11-12(9)6-24-15(11)22)13(21)7-25-16(23)17-5-14-18-8-19-20(14)2;;;;/h3-4,13,21H,5-7H2,1-2H3,(H,17,23);3*1H3;. The molecular weight excluding hydrogens is 483 g/mol. The number of aromatic nitrogens is 3. The summed E-state index contributed by atoms with van der Waals surface area (Å²) in [5.41, 5.74) is 2.65. The SMILES string of the molecule is Cc1c(C(O)COC(=O)NCc2n[c]([Sn]([CH3])([CH3])[CH3])nn2C)ccc2c1COC2=O. The number of carbonyl (C=O) groups is 2. The second kappa shape index (κ2) is 8.31. The molecule has 1 aromatic carbocycles. The number of aryl methyl sites for hydroxylation is 1. The normalized spacial score (nSPS) is 14.3. The molecule has 0 saturated heterocycles. The van der Waals surface area contributed by atoms with Gasteiger partial charge in [0.1, 0.15) is 6.61 Å². The van der Waals surface area contributed by atoms with Gasteiger partial charge in [0, 0.05) is 0 Å². The summed E-state index contributed by atoms with van der Waals surface area (Å²) in [6.07, 6.45) is -1.65. The molecule has 1 aromatic heterocycles. The van der Waals surface area contributed by atoms with E-state index >= 15 is 0 Å². The van der Waals surface area contributed by atoms with E-state index in [1.807, 2.05) is 6.92 Å². The minimum Gasteiger partial charge on any atom is -0.457 e. The summed E-state index contributed by atoms with van der Waals surface area (Å²) in [5.74, 6) is 0.297. The van der Waals surface area contributed by atoms with Crippen LogP contribution in [0.25, 0.3) is 0 Å². The van der Waals surface area contributed by atoms with Crippen molar-refractivity contribution in [2.24, 2.45) is 7.05 Å². The van der Waals surface area contributed by atoms with E-state index in [-0.39, 0.29) is 25.7 Å². The zero-order valence-corrected chi connectivity index (χ0v) is 20.1. The van der Waals surface area contributed by atoms with Crippen LogP contribution in [0.1, 0.15) is 39.0 Å². The Morgan fingerprint density at radius 2 is 2.14 bits per heavy atom. The average molecular weight is 509 g/mol. The van der Waals surface area contributed by atoms with Gasteiger partial charge in [0.2, 0.25) is 0 Å². The third-order valence-corrected chi connectivity index (χ3v) is 9.29. The number of alkyl carbamates (subject to hydrolysis) is 1. The van der Waals surface area contributed by atoms with Gasteiger partial charge in [-0.05, 0) is 0 Å². The number of aliphatic hydroxyl groups excluding tert-OH is 1. The van der Waals surface area contributed by atoms with Gasteiger partial charge >= 0.3 is 152 Å². The molecule has 0 bridgehead atoms. The van der Waals surface area contributed by atoms with Gasteiger partial charge in [0.05, 0.1) is 5.56 Å². The molecule has 1 unspecified atom stereocenters. The second-order valence-electron chi connectivity index (χ2n) is 8.08. The third-order valence-electron chi connectivity index (χ3n) is 4.85. The van der Waals surface area contributed by atoms with Gasteiger partial charge < -0.3 is 4.74 Å². The number of hydrogen-bond donors (Lipinski definition) is 2. The molecule has 2 N–H and O–H groups in total. The van der Waals surface area contributed by atoms with Crippen LogP contribution >= 0.6 is 0 Å². The summed E-state index contributed by atoms with van der Waals surface area (Å²) >= 11 is -2.37. The van der Waals surface area contributed by atoms with E-state index in [4.69, 9.17) is 9.47 Å². The van der Waals surface area contributed by atoms with Crippen molar-refractivity contribution in [3.63, 3.8) is 0 Å². The molecule has 29 heavy (non-hydrogen) atoms. The Labute approximate surface area is 173 Å². The van der Waals surface area contributed by atoms with Gasteiger partial charge in [0.15, 0.2) is 0 Å². The number of nitrogens with one attached hydrogen (secondary N) is 1. The van der Waals surface area contributed by atoms with Crippen molar-refractivity contribution < 1.29 is 24.2 Å². The molecule has 2 aromatic rings. The van der Waals surface area contributed by atoms with E-state index in [1.54, 1.807) is 23.9 Å². The van der Waals surface area contributed by atoms with Gasteiger partial charge in [-0.3, -0.25) is 0 Å². The molecule has 1 aliphatic heterocycles. The maximum absolute atomic E-state index is 12.0. The zero-order chi connectivity index (χ0) is 21.3. The van der Waals surface area contributed by atoms with E-state index in [0.29, 0.717) is 17.0 Å². The Hall–Kier alpha value is -2.14. The summed E-state index contributed by atoms with van der Waals surface area (Å²) in [6.45, 7) is 1.99. The van der Waals surface area contributed by atoms with Crippen LogP contribution in [0.15, 0.2) is 12.1 Å². The third kappa shape index (κ3) is 4.72. The van der Waals surface area contributed by atoms with Crippen LogP contribution < -0.4 is 9.16 Å². The zero-order valence-electron chi connectivity index (χ0n) is 17.3. The van der Waals surface area contributed by atoms with Crippen molar-refractivity contribution in [3.8, 4) is 0 Å². The topological polar surface area (TPSA) is 116 Å². The monoisotopic (exact) mass is 510 g/mol. The molecule has 1 aliphatic rings. The number of nitrogens with zero attached hydrogens (tertiary/aromatic N) is 3. The Morgan fingerprint density at radius 3 is 2.79 bits per heavy atom. The summed E-state index contributed by atoms with van der Waals surface area (Å²) in [6, 6.07) is 3.29. The minimum absolute atomic E-state index is 0.192. The molecule has 0 saturated carbocycles. The number of cyclic esters (lactones) is 1. The summed E-state index contributed by atoms with van der Waals surface area (Å²) in [7, 11) is 1.80. The average Bonchev–Trinajstić information content (AvgIpc) is 3.21. The van der Waals surface area contributed by atoms with E-state index < -0.39 is 30.6 Å². The van der Waals surface area contributed by atoms with Crippen molar-refractivity contribution in [2.75, 3.05) is 6.61 Å². The van der Waals surface area contributed by atoms with Crippen molar-refractivity contribution in [1.29, 1.82) is 0 Å². The fourth-order valence-corrected chi connectivity index (χ4v) is 5.67. The van der Waals surface area contributed by atoms with Gasteiger partial charge in [0.25, 0.3) is 0 Å². The number of ether oxygens (including phenoxy) is 2. The minimum atomic E-state index is -2.37. The fraction of sp³-hybridized carbons (Fsp3) is 0.474. The summed E-state index contributed by atoms with van der Waals surface area (Å²) < 4.78 is 12.7. The Bertz CT molecular complexity index is 951. The molecule has 0 radical (unpaired) electrons. The van der Waals surface area contributed by atoms with E-state index in [1.165, 1.54) is 0 Å². The van der Waals surface area contributed by atoms with E-state index in [2.05, 4.69) is 30.2 Å². The number of fused-ring (bicyclic) bond motifs is 1. The Kier molecular flexibility index (Phi) is 6.18. The Balaban J connectivity index is 1.55. The predicted molar refractivity (Wildman–Crippen MR) is 107 cm³/mol. The molecule has 2 heterocycles. The van der Waals surface area contributed by atoms with Gasteiger partial charge in [-0.15, -0.1) is 0 Å². The molecular formula is C19H26N4O5Sn. The van der Waals surface area contributed by atoms with Gasteiger partial charge in [-0.25, -0.2) is 4.79 Å². The number of hydrogen-bond acceptors (Lipinski definition) is 7. The van der Waals surface area contributed by atoms with Crippen LogP contribution in [0.4, 0.5) is 4.79 Å². The summed E-state index contributed by atoms with van der Waals surface area (Å²) in [4.78, 5) is 34.8. The number of amides is 1. The molecule has 10 heteroatoms. The molecule has 9 nitrogen and oxygen atoms in total. The molecule has 0 spiro atoms. The molecule has 0 aliphatic carbocycles. The smallest absolute Gasteiger partial charge is 0.457 e. The number of esters is 1. The second-order valence-corrected chi connectivity index (χ2v) is 22.2. The van der Waals surface area contributed by atoms with Crippen molar-refractivity contribution in [3.05, 3.63) is 40.2 Å². The van der Waals surface area contributed by atoms with E-state index in [0.717, 1.165) is 15.0 Å². The first kappa shape index (κ1) is 21.6. The van der Waals surface area contributed by atoms with Crippen molar-refractivity contribution in [2.45, 2.75) is 41.0 Å². The fourth-order valence-electron chi connectivity index (χ4n) is 3.06. The number of rotatable bonds is 6. The molecule has 156 valence electrons. The predicted octanol–water partition coefficient (Wildman–Crippen LogP) is 1.30. The van der Waals surface area contributed by atoms with Crippen LogP contribution in [-0.4, -0.2) is 56.9 Å². The van der Waals surface area contributed by atoms with Crippen LogP contribution in [0.2, 0.25) is 14.8 Å². The first-order chi connectivity index (χ1) is 13.6. The van der Waals surface area contributed by atoms with E-state index in [9.17, 15) is 14.7 Å². The quantitative estimate of drug-likeness (QED) is 0.446. The van der Waals surface area contributed by atoms with Gasteiger partial charge in [-0.2, -0.15) is 0 Å². The van der Waals surface area contributed by atoms with Crippen LogP contribution in [0.5, 0.6) is 0 Å². The maximum atomic E-state index is 12.0. The van der Waals surface area contributed by atoms with Crippen LogP contribution in [0, 0.1) is 6.92 Å². The van der Waals surface area contributed by atoms with Gasteiger partial charge in [-0.1, -0.05) is 0 Å². The van der Waals surface area contributed by atoms with Crippen LogP contribution in [0.3, 0.4) is 0 Å². The molecule has 3 rings (SSSR count). The number of benzene rings is 1. The first-order valence-electron chi connectivity index (χ1n) is 9.36. The molecule has 1 atom stereocenters. The number of carbonyl (C=O) groups excluding carboxylic acids is 2. The number of aliphatic hydroxyl groups is 1. The Morgan fingerprint density at radius 1 is 1.41 bits per heavy atom. The molecule has 0 fully saturated rings. The first-order valence-corrected chi connectivity index (χ1v) is 19.4. The van der Waals surface area contributed by atoms with Crippen molar-refractivity contribution >= 4 is 34.3 Å². The summed E-state index contributed by atoms with van der Waals surface area (Å²) in [5, 5.41) is 17.5.